The summed E-state index contributed by atoms with van der Waals surface area (Å²) in [5.41, 5.74) is 1.05. The summed E-state index contributed by atoms with van der Waals surface area (Å²) in [6.45, 7) is 1.07. The highest BCUT2D eigenvalue weighted by atomic mass is 16.5. The van der Waals surface area contributed by atoms with Gasteiger partial charge in [0, 0.05) is 17.5 Å². The molecule has 0 saturated carbocycles. The van der Waals surface area contributed by atoms with Crippen LogP contribution in [0.1, 0.15) is 28.6 Å². The zero-order valence-electron chi connectivity index (χ0n) is 19.7. The fourth-order valence-electron chi connectivity index (χ4n) is 4.35. The van der Waals surface area contributed by atoms with E-state index in [1.807, 2.05) is 37.2 Å². The molecule has 1 atom stereocenters. The number of para-hydroxylation sites is 2. The van der Waals surface area contributed by atoms with E-state index in [-0.39, 0.29) is 11.3 Å². The number of amides is 1. The van der Waals surface area contributed by atoms with E-state index in [1.165, 1.54) is 19.1 Å². The lowest BCUT2D eigenvalue weighted by Crippen LogP contribution is -2.33. The Bertz CT molecular complexity index is 1230. The Balaban J connectivity index is 1.82. The lowest BCUT2D eigenvalue weighted by Gasteiger charge is -2.28. The van der Waals surface area contributed by atoms with Crippen molar-refractivity contribution in [3.63, 3.8) is 0 Å². The van der Waals surface area contributed by atoms with Crippen molar-refractivity contribution in [2.45, 2.75) is 12.5 Å². The van der Waals surface area contributed by atoms with Gasteiger partial charge in [0.2, 0.25) is 5.78 Å². The Labute approximate surface area is 198 Å². The van der Waals surface area contributed by atoms with Gasteiger partial charge in [-0.25, -0.2) is 0 Å². The van der Waals surface area contributed by atoms with Crippen LogP contribution in [0.4, 0.5) is 0 Å². The zero-order valence-corrected chi connectivity index (χ0v) is 19.7. The first-order valence-corrected chi connectivity index (χ1v) is 11.0. The number of aliphatic hydroxyl groups excluding tert-OH is 1. The van der Waals surface area contributed by atoms with Gasteiger partial charge in [0.25, 0.3) is 5.91 Å². The molecular formula is C26H28N2O6. The van der Waals surface area contributed by atoms with E-state index in [0.29, 0.717) is 35.6 Å². The topological polar surface area (TPSA) is 92.5 Å². The van der Waals surface area contributed by atoms with Gasteiger partial charge in [-0.1, -0.05) is 30.3 Å². The highest BCUT2D eigenvalue weighted by Gasteiger charge is 2.45. The maximum atomic E-state index is 13.7. The number of ketones is 1. The van der Waals surface area contributed by atoms with Crippen molar-refractivity contribution < 1.29 is 28.6 Å². The third-order valence-corrected chi connectivity index (χ3v) is 5.93. The number of aliphatic hydroxyl groups is 1. The molecule has 0 saturated heterocycles. The fraction of sp³-hybridized carbons (Fsp3) is 0.308. The second-order valence-corrected chi connectivity index (χ2v) is 8.38. The molecule has 34 heavy (non-hydrogen) atoms. The smallest absolute Gasteiger partial charge is 0.290 e. The van der Waals surface area contributed by atoms with Gasteiger partial charge in [0.1, 0.15) is 5.58 Å². The number of methoxy groups -OCH3 is 2. The Morgan fingerprint density at radius 3 is 2.56 bits per heavy atom. The quantitative estimate of drug-likeness (QED) is 0.479. The number of hydrogen-bond acceptors (Lipinski definition) is 7. The standard InChI is InChI=1S/C26H28N2O6/c1-27(2)13-8-14-28-22(17-10-7-12-19(32-3)25(17)33-4)21(24(30)26(28)31)23(29)20-15-16-9-5-6-11-18(16)34-20/h5-7,9-12,15,22,30H,8,13-14H2,1-4H3/t22-/m1/s1. The number of nitrogens with zero attached hydrogens (tertiary/aromatic N) is 2. The third kappa shape index (κ3) is 4.12. The number of fused-ring (bicyclic) bond motifs is 1. The lowest BCUT2D eigenvalue weighted by atomic mass is 9.94. The largest absolute Gasteiger partial charge is 0.503 e. The van der Waals surface area contributed by atoms with E-state index in [2.05, 4.69) is 0 Å². The molecule has 1 N–H and O–H groups in total. The van der Waals surface area contributed by atoms with Crippen molar-refractivity contribution in [2.24, 2.45) is 0 Å². The third-order valence-electron chi connectivity index (χ3n) is 5.93. The molecule has 2 heterocycles. The van der Waals surface area contributed by atoms with Crippen LogP contribution in [0.2, 0.25) is 0 Å². The maximum absolute atomic E-state index is 13.7. The average molecular weight is 465 g/mol. The van der Waals surface area contributed by atoms with Gasteiger partial charge in [-0.05, 0) is 45.3 Å². The van der Waals surface area contributed by atoms with Gasteiger partial charge in [-0.15, -0.1) is 0 Å². The molecule has 0 fully saturated rings. The van der Waals surface area contributed by atoms with Crippen LogP contribution in [0.3, 0.4) is 0 Å². The molecule has 4 rings (SSSR count). The molecule has 0 bridgehead atoms. The Morgan fingerprint density at radius 1 is 1.12 bits per heavy atom. The van der Waals surface area contributed by atoms with Crippen LogP contribution in [0.5, 0.6) is 11.5 Å². The van der Waals surface area contributed by atoms with Gasteiger partial charge in [0.15, 0.2) is 23.0 Å². The first-order chi connectivity index (χ1) is 16.4. The number of carbonyl (C=O) groups excluding carboxylic acids is 2. The van der Waals surface area contributed by atoms with E-state index in [1.54, 1.807) is 30.3 Å². The minimum absolute atomic E-state index is 0.0412. The first-order valence-electron chi connectivity index (χ1n) is 11.0. The number of hydrogen-bond donors (Lipinski definition) is 1. The molecule has 8 heteroatoms. The molecule has 178 valence electrons. The van der Waals surface area contributed by atoms with Crippen molar-refractivity contribution in [1.29, 1.82) is 0 Å². The molecule has 3 aromatic rings. The summed E-state index contributed by atoms with van der Waals surface area (Å²) in [6, 6.07) is 13.3. The predicted octanol–water partition coefficient (Wildman–Crippen LogP) is 3.98. The van der Waals surface area contributed by atoms with Crippen molar-refractivity contribution in [3.05, 3.63) is 71.2 Å². The molecule has 1 amide bonds. The van der Waals surface area contributed by atoms with Gasteiger partial charge in [0.05, 0.1) is 25.8 Å². The van der Waals surface area contributed by atoms with Crippen molar-refractivity contribution in [1.82, 2.24) is 9.80 Å². The molecular weight excluding hydrogens is 436 g/mol. The minimum atomic E-state index is -0.861. The van der Waals surface area contributed by atoms with E-state index < -0.39 is 23.5 Å². The van der Waals surface area contributed by atoms with Crippen LogP contribution in [0, 0.1) is 0 Å². The van der Waals surface area contributed by atoms with Crippen LogP contribution in [-0.4, -0.2) is 68.0 Å². The number of ether oxygens (including phenoxy) is 2. The van der Waals surface area contributed by atoms with Crippen LogP contribution in [-0.2, 0) is 4.79 Å². The van der Waals surface area contributed by atoms with Crippen LogP contribution in [0.25, 0.3) is 11.0 Å². The van der Waals surface area contributed by atoms with E-state index in [9.17, 15) is 14.7 Å². The molecule has 1 aromatic heterocycles. The number of carbonyl (C=O) groups is 2. The SMILES string of the molecule is COc1cccc([C@@H]2C(C(=O)c3cc4ccccc4o3)=C(O)C(=O)N2CCCN(C)C)c1OC. The summed E-state index contributed by atoms with van der Waals surface area (Å²) >= 11 is 0. The normalized spacial score (nSPS) is 16.1. The molecule has 1 aliphatic rings. The highest BCUT2D eigenvalue weighted by molar-refractivity contribution is 6.16. The molecule has 0 radical (unpaired) electrons. The number of furan rings is 1. The summed E-state index contributed by atoms with van der Waals surface area (Å²) in [5, 5.41) is 11.7. The monoisotopic (exact) mass is 464 g/mol. The minimum Gasteiger partial charge on any atom is -0.503 e. The molecule has 2 aromatic carbocycles. The second kappa shape index (κ2) is 9.61. The number of rotatable bonds is 9. The number of Topliss-reactive ketones (excluding diaryl/α,β-unsaturated/α-hetero) is 1. The van der Waals surface area contributed by atoms with Crippen molar-refractivity contribution in [3.8, 4) is 11.5 Å². The Kier molecular flexibility index (Phi) is 6.61. The van der Waals surface area contributed by atoms with Gasteiger partial charge >= 0.3 is 0 Å². The molecule has 0 unspecified atom stereocenters. The van der Waals surface area contributed by atoms with Crippen molar-refractivity contribution >= 4 is 22.7 Å². The van der Waals surface area contributed by atoms with Gasteiger partial charge in [-0.3, -0.25) is 9.59 Å². The molecule has 0 aliphatic carbocycles. The first kappa shape index (κ1) is 23.4. The van der Waals surface area contributed by atoms with Gasteiger partial charge < -0.3 is 28.8 Å². The molecule has 0 spiro atoms. The van der Waals surface area contributed by atoms with E-state index >= 15 is 0 Å². The summed E-state index contributed by atoms with van der Waals surface area (Å²) in [7, 11) is 6.91. The predicted molar refractivity (Wildman–Crippen MR) is 127 cm³/mol. The summed E-state index contributed by atoms with van der Waals surface area (Å²) in [5.74, 6) is -0.824. The number of benzene rings is 2. The zero-order chi connectivity index (χ0) is 24.4. The van der Waals surface area contributed by atoms with Crippen LogP contribution >= 0.6 is 0 Å². The van der Waals surface area contributed by atoms with E-state index in [4.69, 9.17) is 13.9 Å². The summed E-state index contributed by atoms with van der Waals surface area (Å²) < 4.78 is 16.8. The summed E-state index contributed by atoms with van der Waals surface area (Å²) in [4.78, 5) is 30.4. The average Bonchev–Trinajstić information content (AvgIpc) is 3.37. The Hall–Kier alpha value is -3.78. The van der Waals surface area contributed by atoms with Gasteiger partial charge in [-0.2, -0.15) is 0 Å². The lowest BCUT2D eigenvalue weighted by molar-refractivity contribution is -0.129. The maximum Gasteiger partial charge on any atom is 0.290 e. The second-order valence-electron chi connectivity index (χ2n) is 8.38. The van der Waals surface area contributed by atoms with Crippen molar-refractivity contribution in [2.75, 3.05) is 41.4 Å². The summed E-state index contributed by atoms with van der Waals surface area (Å²) in [6.07, 6.45) is 0.654. The van der Waals surface area contributed by atoms with Crippen LogP contribution < -0.4 is 9.47 Å². The molecule has 8 nitrogen and oxygen atoms in total. The highest BCUT2D eigenvalue weighted by Crippen LogP contribution is 2.45. The van der Waals surface area contributed by atoms with Crippen LogP contribution in [0.15, 0.2) is 64.3 Å². The molecule has 1 aliphatic heterocycles. The van der Waals surface area contributed by atoms with E-state index in [0.717, 1.165) is 11.9 Å². The fourth-order valence-corrected chi connectivity index (χ4v) is 4.35. The Morgan fingerprint density at radius 2 is 1.88 bits per heavy atom.